The molecule has 1 N–H and O–H groups in total. The minimum absolute atomic E-state index is 0.0104. The molecule has 2 aromatic rings. The van der Waals surface area contributed by atoms with Crippen molar-refractivity contribution in [2.75, 3.05) is 5.32 Å². The Kier molecular flexibility index (Phi) is 3.08. The molecule has 108 valence electrons. The molecule has 1 aromatic heterocycles. The number of carbonyl (C=O) groups is 1. The second-order valence-corrected chi connectivity index (χ2v) is 7.15. The number of nitrogens with zero attached hydrogens (tertiary/aromatic N) is 1. The van der Waals surface area contributed by atoms with Crippen molar-refractivity contribution in [2.45, 2.75) is 38.9 Å². The summed E-state index contributed by atoms with van der Waals surface area (Å²) in [4.78, 5) is 17.0. The Morgan fingerprint density at radius 1 is 1.24 bits per heavy atom. The van der Waals surface area contributed by atoms with E-state index in [0.29, 0.717) is 0 Å². The fraction of sp³-hybridized carbons (Fsp3) is 0.353. The lowest BCUT2D eigenvalue weighted by molar-refractivity contribution is 0.103. The molecular formula is C17H18N2OS. The highest BCUT2D eigenvalue weighted by atomic mass is 32.1. The fourth-order valence-corrected chi connectivity index (χ4v) is 3.93. The normalized spacial score (nSPS) is 17.8. The van der Waals surface area contributed by atoms with Crippen molar-refractivity contribution in [1.82, 2.24) is 4.90 Å². The molecule has 2 aliphatic rings. The minimum Gasteiger partial charge on any atom is -0.321 e. The summed E-state index contributed by atoms with van der Waals surface area (Å²) in [6, 6.07) is 10.8. The number of fused-ring (bicyclic) bond motifs is 1. The van der Waals surface area contributed by atoms with Crippen LogP contribution in [0.3, 0.4) is 0 Å². The summed E-state index contributed by atoms with van der Waals surface area (Å²) in [6.07, 6.45) is 2.69. The monoisotopic (exact) mass is 298 g/mol. The average molecular weight is 298 g/mol. The van der Waals surface area contributed by atoms with Crippen molar-refractivity contribution in [1.29, 1.82) is 0 Å². The van der Waals surface area contributed by atoms with E-state index in [9.17, 15) is 4.79 Å². The van der Waals surface area contributed by atoms with Gasteiger partial charge in [-0.15, -0.1) is 11.3 Å². The maximum atomic E-state index is 12.3. The van der Waals surface area contributed by atoms with E-state index >= 15 is 0 Å². The number of amides is 1. The Labute approximate surface area is 128 Å². The summed E-state index contributed by atoms with van der Waals surface area (Å²) in [5.41, 5.74) is 3.41. The van der Waals surface area contributed by atoms with Crippen LogP contribution in [0.4, 0.5) is 5.69 Å². The molecule has 0 bridgehead atoms. The van der Waals surface area contributed by atoms with Gasteiger partial charge in [0.05, 0.1) is 4.88 Å². The summed E-state index contributed by atoms with van der Waals surface area (Å²) in [6.45, 7) is 4.10. The fourth-order valence-electron chi connectivity index (χ4n) is 2.83. The highest BCUT2D eigenvalue weighted by molar-refractivity contribution is 7.14. The molecule has 0 radical (unpaired) electrons. The van der Waals surface area contributed by atoms with Gasteiger partial charge in [-0.25, -0.2) is 0 Å². The Bertz CT molecular complexity index is 662. The van der Waals surface area contributed by atoms with Gasteiger partial charge < -0.3 is 5.32 Å². The molecule has 0 unspecified atom stereocenters. The molecule has 1 aromatic carbocycles. The van der Waals surface area contributed by atoms with Crippen molar-refractivity contribution < 1.29 is 4.79 Å². The zero-order valence-electron chi connectivity index (χ0n) is 12.1. The molecule has 1 aliphatic heterocycles. The zero-order valence-corrected chi connectivity index (χ0v) is 12.9. The van der Waals surface area contributed by atoms with Gasteiger partial charge in [-0.05, 0) is 43.5 Å². The molecule has 3 nitrogen and oxygen atoms in total. The number of carbonyl (C=O) groups excluding carboxylic acids is 1. The molecule has 0 saturated heterocycles. The van der Waals surface area contributed by atoms with E-state index in [1.165, 1.54) is 28.8 Å². The third-order valence-corrected chi connectivity index (χ3v) is 5.37. The smallest absolute Gasteiger partial charge is 0.265 e. The van der Waals surface area contributed by atoms with Crippen LogP contribution < -0.4 is 5.32 Å². The lowest BCUT2D eigenvalue weighted by Gasteiger charge is -2.12. The van der Waals surface area contributed by atoms with E-state index in [0.717, 1.165) is 29.7 Å². The van der Waals surface area contributed by atoms with Crippen LogP contribution in [0.15, 0.2) is 30.3 Å². The number of hydrogen-bond donors (Lipinski definition) is 1. The molecule has 21 heavy (non-hydrogen) atoms. The average Bonchev–Trinajstić information content (AvgIpc) is 3.12. The van der Waals surface area contributed by atoms with Crippen LogP contribution in [0, 0.1) is 6.92 Å². The van der Waals surface area contributed by atoms with Gasteiger partial charge in [-0.1, -0.05) is 17.7 Å². The first kappa shape index (κ1) is 13.0. The van der Waals surface area contributed by atoms with Crippen LogP contribution in [0.1, 0.15) is 38.5 Å². The number of benzene rings is 1. The predicted molar refractivity (Wildman–Crippen MR) is 85.7 cm³/mol. The van der Waals surface area contributed by atoms with Gasteiger partial charge in [-0.3, -0.25) is 9.69 Å². The van der Waals surface area contributed by atoms with Crippen molar-refractivity contribution in [2.24, 2.45) is 0 Å². The molecule has 4 heteroatoms. The van der Waals surface area contributed by atoms with E-state index in [4.69, 9.17) is 0 Å². The lowest BCUT2D eigenvalue weighted by Crippen LogP contribution is -2.18. The molecule has 4 rings (SSSR count). The number of anilines is 1. The molecule has 0 spiro atoms. The Balaban J connectivity index is 1.46. The summed E-state index contributed by atoms with van der Waals surface area (Å²) in [7, 11) is 0. The van der Waals surface area contributed by atoms with Gasteiger partial charge >= 0.3 is 0 Å². The van der Waals surface area contributed by atoms with Gasteiger partial charge in [0.1, 0.15) is 0 Å². The SMILES string of the molecule is Cc1ccc(NC(=O)c2cc3c(s2)CN(C2CC2)C3)cc1. The van der Waals surface area contributed by atoms with E-state index in [-0.39, 0.29) is 5.91 Å². The van der Waals surface area contributed by atoms with E-state index in [1.807, 2.05) is 31.2 Å². The third kappa shape index (κ3) is 2.61. The second-order valence-electron chi connectivity index (χ2n) is 6.02. The number of thiophene rings is 1. The van der Waals surface area contributed by atoms with Crippen LogP contribution in [0.5, 0.6) is 0 Å². The predicted octanol–water partition coefficient (Wildman–Crippen LogP) is 3.79. The zero-order chi connectivity index (χ0) is 14.4. The molecular weight excluding hydrogens is 280 g/mol. The van der Waals surface area contributed by atoms with Crippen molar-refractivity contribution in [3.63, 3.8) is 0 Å². The Morgan fingerprint density at radius 3 is 2.67 bits per heavy atom. The van der Waals surface area contributed by atoms with Crippen LogP contribution in [-0.2, 0) is 13.1 Å². The number of aryl methyl sites for hydroxylation is 1. The van der Waals surface area contributed by atoms with E-state index in [1.54, 1.807) is 11.3 Å². The topological polar surface area (TPSA) is 32.3 Å². The van der Waals surface area contributed by atoms with Crippen molar-refractivity contribution in [3.8, 4) is 0 Å². The lowest BCUT2D eigenvalue weighted by atomic mass is 10.2. The second kappa shape index (κ2) is 4.97. The molecule has 0 atom stereocenters. The first-order valence-electron chi connectivity index (χ1n) is 7.43. The molecule has 1 fully saturated rings. The molecule has 1 saturated carbocycles. The quantitative estimate of drug-likeness (QED) is 0.935. The van der Waals surface area contributed by atoms with Gasteiger partial charge in [0.2, 0.25) is 0 Å². The Morgan fingerprint density at radius 2 is 2.00 bits per heavy atom. The largest absolute Gasteiger partial charge is 0.321 e. The van der Waals surface area contributed by atoms with Crippen molar-refractivity contribution in [3.05, 3.63) is 51.2 Å². The minimum atomic E-state index is 0.0104. The first-order chi connectivity index (χ1) is 10.2. The Hall–Kier alpha value is -1.65. The van der Waals surface area contributed by atoms with Crippen molar-refractivity contribution >= 4 is 22.9 Å². The highest BCUT2D eigenvalue weighted by Gasteiger charge is 2.34. The van der Waals surface area contributed by atoms with Crippen LogP contribution in [0.2, 0.25) is 0 Å². The van der Waals surface area contributed by atoms with Gasteiger partial charge in [0.25, 0.3) is 5.91 Å². The van der Waals surface area contributed by atoms with E-state index in [2.05, 4.69) is 16.3 Å². The van der Waals surface area contributed by atoms with Gasteiger partial charge in [0.15, 0.2) is 0 Å². The molecule has 2 heterocycles. The van der Waals surface area contributed by atoms with Crippen LogP contribution in [-0.4, -0.2) is 16.8 Å². The van der Waals surface area contributed by atoms with E-state index < -0.39 is 0 Å². The first-order valence-corrected chi connectivity index (χ1v) is 8.24. The summed E-state index contributed by atoms with van der Waals surface area (Å²) in [5, 5.41) is 2.98. The number of rotatable bonds is 3. The van der Waals surface area contributed by atoms with Gasteiger partial charge in [0, 0.05) is 29.7 Å². The molecule has 1 aliphatic carbocycles. The standard InChI is InChI=1S/C17H18N2OS/c1-11-2-4-13(5-3-11)18-17(20)15-8-12-9-19(14-6-7-14)10-16(12)21-15/h2-5,8,14H,6-7,9-10H2,1H3,(H,18,20). The van der Waals surface area contributed by atoms with Crippen LogP contribution in [0.25, 0.3) is 0 Å². The summed E-state index contributed by atoms with van der Waals surface area (Å²) in [5.74, 6) is 0.0104. The van der Waals surface area contributed by atoms with Gasteiger partial charge in [-0.2, -0.15) is 0 Å². The number of nitrogens with one attached hydrogen (secondary N) is 1. The summed E-state index contributed by atoms with van der Waals surface area (Å²) < 4.78 is 0. The summed E-state index contributed by atoms with van der Waals surface area (Å²) >= 11 is 1.65. The maximum absolute atomic E-state index is 12.3. The number of hydrogen-bond acceptors (Lipinski definition) is 3. The third-order valence-electron chi connectivity index (χ3n) is 4.21. The highest BCUT2D eigenvalue weighted by Crippen LogP contribution is 2.38. The van der Waals surface area contributed by atoms with Crippen LogP contribution >= 0.6 is 11.3 Å². The molecule has 1 amide bonds. The maximum Gasteiger partial charge on any atom is 0.265 e.